The second-order valence-corrected chi connectivity index (χ2v) is 5.18. The molecule has 0 atom stereocenters. The van der Waals surface area contributed by atoms with Gasteiger partial charge in [0.15, 0.2) is 0 Å². The van der Waals surface area contributed by atoms with Crippen molar-refractivity contribution in [3.8, 4) is 10.4 Å². The number of hydrogen-bond donors (Lipinski definition) is 2. The Labute approximate surface area is 117 Å². The van der Waals surface area contributed by atoms with E-state index in [-0.39, 0.29) is 6.61 Å². The van der Waals surface area contributed by atoms with Gasteiger partial charge in [0.05, 0.1) is 13.2 Å². The Balaban J connectivity index is 2.44. The zero-order valence-electron chi connectivity index (χ0n) is 11.0. The highest BCUT2D eigenvalue weighted by Crippen LogP contribution is 2.30. The first kappa shape index (κ1) is 13.8. The van der Waals surface area contributed by atoms with Crippen LogP contribution in [0.25, 0.3) is 10.4 Å². The van der Waals surface area contributed by atoms with Crippen LogP contribution in [-0.4, -0.2) is 24.5 Å². The molecule has 1 aromatic carbocycles. The van der Waals surface area contributed by atoms with Crippen LogP contribution in [-0.2, 0) is 6.42 Å². The van der Waals surface area contributed by atoms with Gasteiger partial charge < -0.3 is 10.8 Å². The summed E-state index contributed by atoms with van der Waals surface area (Å²) >= 11 is 1.71. The van der Waals surface area contributed by atoms with Crippen molar-refractivity contribution in [3.05, 3.63) is 40.8 Å². The van der Waals surface area contributed by atoms with Crippen LogP contribution >= 0.6 is 11.3 Å². The number of hydrogen-bond acceptors (Lipinski definition) is 4. The lowest BCUT2D eigenvalue weighted by Gasteiger charge is -2.10. The minimum absolute atomic E-state index is 0.0572. The molecule has 2 aromatic rings. The molecule has 0 saturated heterocycles. The van der Waals surface area contributed by atoms with E-state index in [0.717, 1.165) is 23.2 Å². The number of nitrogens with two attached hydrogens (primary N) is 1. The standard InChI is InChI=1S/C15H18N2OS/c1-2-11-8-12(14-4-3-7-19-14)9-13(15(11)16)10-17-5-6-18/h3-4,7-10,18H,2,5-6,16H2,1H3. The number of thiophene rings is 1. The van der Waals surface area contributed by atoms with E-state index in [0.29, 0.717) is 6.54 Å². The van der Waals surface area contributed by atoms with E-state index in [9.17, 15) is 0 Å². The largest absolute Gasteiger partial charge is 0.398 e. The summed E-state index contributed by atoms with van der Waals surface area (Å²) in [4.78, 5) is 5.40. The molecule has 4 heteroatoms. The Kier molecular flexibility index (Phi) is 4.71. The van der Waals surface area contributed by atoms with Gasteiger partial charge in [0.2, 0.25) is 0 Å². The Morgan fingerprint density at radius 1 is 1.42 bits per heavy atom. The fourth-order valence-corrected chi connectivity index (χ4v) is 2.66. The summed E-state index contributed by atoms with van der Waals surface area (Å²) in [6, 6.07) is 8.34. The van der Waals surface area contributed by atoms with Crippen molar-refractivity contribution in [1.29, 1.82) is 0 Å². The third-order valence-corrected chi connectivity index (χ3v) is 3.86. The molecule has 0 spiro atoms. The van der Waals surface area contributed by atoms with Crippen molar-refractivity contribution in [2.75, 3.05) is 18.9 Å². The van der Waals surface area contributed by atoms with Gasteiger partial charge in [0.1, 0.15) is 0 Å². The second-order valence-electron chi connectivity index (χ2n) is 4.23. The first-order valence-electron chi connectivity index (χ1n) is 6.33. The molecule has 0 radical (unpaired) electrons. The third kappa shape index (κ3) is 3.22. The molecule has 19 heavy (non-hydrogen) atoms. The quantitative estimate of drug-likeness (QED) is 0.650. The molecule has 0 aliphatic carbocycles. The number of anilines is 1. The van der Waals surface area contributed by atoms with Crippen LogP contribution in [0.5, 0.6) is 0 Å². The fraction of sp³-hybridized carbons (Fsp3) is 0.267. The van der Waals surface area contributed by atoms with Gasteiger partial charge in [-0.25, -0.2) is 0 Å². The van der Waals surface area contributed by atoms with Crippen LogP contribution in [0.3, 0.4) is 0 Å². The van der Waals surface area contributed by atoms with E-state index < -0.39 is 0 Å². The number of rotatable bonds is 5. The molecule has 0 amide bonds. The normalized spacial score (nSPS) is 11.3. The molecule has 1 aromatic heterocycles. The Bertz CT molecular complexity index is 562. The number of aryl methyl sites for hydroxylation is 1. The lowest BCUT2D eigenvalue weighted by molar-refractivity contribution is 0.307. The first-order chi connectivity index (χ1) is 9.26. The number of benzene rings is 1. The van der Waals surface area contributed by atoms with Gasteiger partial charge in [-0.15, -0.1) is 11.3 Å². The minimum Gasteiger partial charge on any atom is -0.398 e. The van der Waals surface area contributed by atoms with Gasteiger partial charge in [0, 0.05) is 22.3 Å². The van der Waals surface area contributed by atoms with Gasteiger partial charge in [-0.3, -0.25) is 4.99 Å². The van der Waals surface area contributed by atoms with Gasteiger partial charge in [-0.1, -0.05) is 13.0 Å². The van der Waals surface area contributed by atoms with Crippen LogP contribution in [0.15, 0.2) is 34.6 Å². The SMILES string of the molecule is CCc1cc(-c2cccs2)cc(C=NCCO)c1N. The maximum absolute atomic E-state index is 8.78. The van der Waals surface area contributed by atoms with E-state index in [4.69, 9.17) is 10.8 Å². The summed E-state index contributed by atoms with van der Waals surface area (Å²) in [5.74, 6) is 0. The minimum atomic E-state index is 0.0572. The van der Waals surface area contributed by atoms with Crippen LogP contribution in [0, 0.1) is 0 Å². The summed E-state index contributed by atoms with van der Waals surface area (Å²) < 4.78 is 0. The number of nitrogen functional groups attached to an aromatic ring is 1. The number of aliphatic hydroxyl groups is 1. The van der Waals surface area contributed by atoms with Crippen molar-refractivity contribution in [1.82, 2.24) is 0 Å². The van der Waals surface area contributed by atoms with Crippen LogP contribution in [0.2, 0.25) is 0 Å². The number of aliphatic imine (C=N–C) groups is 1. The molecular formula is C15H18N2OS. The molecule has 0 saturated carbocycles. The molecule has 0 bridgehead atoms. The molecule has 0 aliphatic rings. The highest BCUT2D eigenvalue weighted by Gasteiger charge is 2.07. The van der Waals surface area contributed by atoms with E-state index in [2.05, 4.69) is 35.5 Å². The zero-order chi connectivity index (χ0) is 13.7. The second kappa shape index (κ2) is 6.50. The maximum Gasteiger partial charge on any atom is 0.0626 e. The first-order valence-corrected chi connectivity index (χ1v) is 7.21. The van der Waals surface area contributed by atoms with Gasteiger partial charge >= 0.3 is 0 Å². The summed E-state index contributed by atoms with van der Waals surface area (Å²) in [7, 11) is 0. The van der Waals surface area contributed by atoms with E-state index >= 15 is 0 Å². The Hall–Kier alpha value is -1.65. The van der Waals surface area contributed by atoms with Gasteiger partial charge in [-0.2, -0.15) is 0 Å². The van der Waals surface area contributed by atoms with Crippen molar-refractivity contribution >= 4 is 23.2 Å². The smallest absolute Gasteiger partial charge is 0.0626 e. The van der Waals surface area contributed by atoms with Crippen molar-refractivity contribution < 1.29 is 5.11 Å². The monoisotopic (exact) mass is 274 g/mol. The van der Waals surface area contributed by atoms with Gasteiger partial charge in [-0.05, 0) is 41.1 Å². The van der Waals surface area contributed by atoms with E-state index in [1.165, 1.54) is 10.4 Å². The number of nitrogens with zero attached hydrogens (tertiary/aromatic N) is 1. The predicted octanol–water partition coefficient (Wildman–Crippen LogP) is 2.97. The van der Waals surface area contributed by atoms with Crippen LogP contribution in [0.1, 0.15) is 18.1 Å². The molecule has 100 valence electrons. The third-order valence-electron chi connectivity index (χ3n) is 2.94. The number of aliphatic hydroxyl groups excluding tert-OH is 1. The topological polar surface area (TPSA) is 58.6 Å². The molecule has 0 aliphatic heterocycles. The van der Waals surface area contributed by atoms with Crippen LogP contribution < -0.4 is 5.73 Å². The molecule has 2 rings (SSSR count). The van der Waals surface area contributed by atoms with Crippen molar-refractivity contribution in [2.24, 2.45) is 4.99 Å². The van der Waals surface area contributed by atoms with Crippen molar-refractivity contribution in [3.63, 3.8) is 0 Å². The van der Waals surface area contributed by atoms with E-state index in [1.54, 1.807) is 17.6 Å². The predicted molar refractivity (Wildman–Crippen MR) is 83.1 cm³/mol. The zero-order valence-corrected chi connectivity index (χ0v) is 11.8. The fourth-order valence-electron chi connectivity index (χ4n) is 1.94. The molecule has 3 nitrogen and oxygen atoms in total. The lowest BCUT2D eigenvalue weighted by Crippen LogP contribution is -2.00. The van der Waals surface area contributed by atoms with Crippen LogP contribution in [0.4, 0.5) is 5.69 Å². The highest BCUT2D eigenvalue weighted by molar-refractivity contribution is 7.13. The maximum atomic E-state index is 8.78. The van der Waals surface area contributed by atoms with Gasteiger partial charge in [0.25, 0.3) is 0 Å². The van der Waals surface area contributed by atoms with Crippen molar-refractivity contribution in [2.45, 2.75) is 13.3 Å². The molecule has 1 heterocycles. The summed E-state index contributed by atoms with van der Waals surface area (Å²) in [5, 5.41) is 10.8. The average Bonchev–Trinajstić information content (AvgIpc) is 2.95. The lowest BCUT2D eigenvalue weighted by atomic mass is 10.0. The molecule has 0 fully saturated rings. The highest BCUT2D eigenvalue weighted by atomic mass is 32.1. The Morgan fingerprint density at radius 2 is 2.26 bits per heavy atom. The summed E-state index contributed by atoms with van der Waals surface area (Å²) in [6.45, 7) is 2.56. The summed E-state index contributed by atoms with van der Waals surface area (Å²) in [5.41, 5.74) is 10.2. The molecule has 3 N–H and O–H groups in total. The summed E-state index contributed by atoms with van der Waals surface area (Å²) in [6.07, 6.45) is 2.65. The molecular weight excluding hydrogens is 256 g/mol. The molecule has 0 unspecified atom stereocenters. The van der Waals surface area contributed by atoms with E-state index in [1.807, 2.05) is 6.07 Å². The average molecular weight is 274 g/mol. The Morgan fingerprint density at radius 3 is 2.89 bits per heavy atom.